The smallest absolute Gasteiger partial charge is 0.335 e. The van der Waals surface area contributed by atoms with E-state index in [9.17, 15) is 9.90 Å². The summed E-state index contributed by atoms with van der Waals surface area (Å²) in [6, 6.07) is 6.69. The molecule has 0 aromatic heterocycles. The Morgan fingerprint density at radius 2 is 1.95 bits per heavy atom. The third-order valence-electron chi connectivity index (χ3n) is 2.73. The normalized spacial score (nSPS) is 11.8. The number of hydroxylamine groups is 1. The molecule has 0 unspecified atom stereocenters. The van der Waals surface area contributed by atoms with Crippen molar-refractivity contribution >= 4 is 5.97 Å². The van der Waals surface area contributed by atoms with E-state index in [0.29, 0.717) is 24.3 Å². The average Bonchev–Trinajstić information content (AvgIpc) is 2.46. The minimum absolute atomic E-state index is 0.193. The minimum atomic E-state index is -0.400. The molecule has 1 rings (SSSR count). The fourth-order valence-corrected chi connectivity index (χ4v) is 1.62. The van der Waals surface area contributed by atoms with E-state index in [1.165, 1.54) is 7.11 Å². The van der Waals surface area contributed by atoms with Crippen molar-refractivity contribution in [1.29, 1.82) is 0 Å². The lowest BCUT2D eigenvalue weighted by Gasteiger charge is -2.12. The predicted octanol–water partition coefficient (Wildman–Crippen LogP) is 2.31. The van der Waals surface area contributed by atoms with Crippen LogP contribution in [0.4, 0.5) is 0 Å². The van der Waals surface area contributed by atoms with Crippen molar-refractivity contribution in [3.8, 4) is 5.75 Å². The number of aromatic hydroxyl groups is 1. The van der Waals surface area contributed by atoms with E-state index in [1.54, 1.807) is 31.2 Å². The maximum atomic E-state index is 11.8. The summed E-state index contributed by atoms with van der Waals surface area (Å²) in [5, 5.41) is 9.26. The Balaban J connectivity index is 2.85. The highest BCUT2D eigenvalue weighted by Gasteiger charge is 2.14. The topological polar surface area (TPSA) is 67.8 Å². The highest BCUT2D eigenvalue weighted by Crippen LogP contribution is 2.16. The third kappa shape index (κ3) is 4.93. The van der Waals surface area contributed by atoms with Gasteiger partial charge in [-0.2, -0.15) is 0 Å². The molecular formula is C15H21NO4. The molecule has 0 aliphatic heterocycles. The van der Waals surface area contributed by atoms with Gasteiger partial charge in [0, 0.05) is 12.1 Å². The molecule has 0 saturated heterocycles. The molecular weight excluding hydrogens is 258 g/mol. The van der Waals surface area contributed by atoms with Crippen LogP contribution in [-0.2, 0) is 20.8 Å². The summed E-state index contributed by atoms with van der Waals surface area (Å²) in [5.41, 5.74) is 4.78. The molecule has 20 heavy (non-hydrogen) atoms. The van der Waals surface area contributed by atoms with Crippen molar-refractivity contribution < 1.29 is 19.5 Å². The number of allylic oxidation sites excluding steroid dienone is 1. The van der Waals surface area contributed by atoms with Gasteiger partial charge in [-0.1, -0.05) is 19.1 Å². The Morgan fingerprint density at radius 3 is 2.50 bits per heavy atom. The highest BCUT2D eigenvalue weighted by molar-refractivity contribution is 5.89. The molecule has 5 nitrogen and oxygen atoms in total. The van der Waals surface area contributed by atoms with Crippen LogP contribution in [0.1, 0.15) is 25.8 Å². The van der Waals surface area contributed by atoms with Crippen LogP contribution in [0.25, 0.3) is 0 Å². The molecule has 0 aliphatic carbocycles. The molecule has 2 N–H and O–H groups in total. The molecule has 0 amide bonds. The second kappa shape index (κ2) is 8.22. The van der Waals surface area contributed by atoms with E-state index in [-0.39, 0.29) is 5.75 Å². The molecule has 110 valence electrons. The number of nitrogens with one attached hydrogen (secondary N) is 1. The van der Waals surface area contributed by atoms with Gasteiger partial charge in [0.15, 0.2) is 0 Å². The van der Waals surface area contributed by atoms with Crippen molar-refractivity contribution in [2.75, 3.05) is 13.7 Å². The molecule has 0 radical (unpaired) electrons. The summed E-state index contributed by atoms with van der Waals surface area (Å²) < 4.78 is 4.79. The molecule has 0 aliphatic rings. The van der Waals surface area contributed by atoms with Gasteiger partial charge in [0.05, 0.1) is 19.3 Å². The SMILES string of the molecule is CCCONC(C)=C(Cc1ccc(O)cc1)C(=O)OC. The first-order valence-corrected chi connectivity index (χ1v) is 6.52. The molecule has 0 saturated carbocycles. The van der Waals surface area contributed by atoms with Crippen LogP contribution >= 0.6 is 0 Å². The summed E-state index contributed by atoms with van der Waals surface area (Å²) >= 11 is 0. The van der Waals surface area contributed by atoms with Crippen molar-refractivity contribution in [3.63, 3.8) is 0 Å². The van der Waals surface area contributed by atoms with Crippen LogP contribution in [0.5, 0.6) is 5.75 Å². The highest BCUT2D eigenvalue weighted by atomic mass is 16.6. The summed E-state index contributed by atoms with van der Waals surface area (Å²) in [6.07, 6.45) is 1.28. The van der Waals surface area contributed by atoms with Gasteiger partial charge in [-0.25, -0.2) is 4.79 Å². The lowest BCUT2D eigenvalue weighted by atomic mass is 10.0. The Kier molecular flexibility index (Phi) is 6.59. The standard InChI is InChI=1S/C15H21NO4/c1-4-9-20-16-11(2)14(15(18)19-3)10-12-5-7-13(17)8-6-12/h5-8,16-17H,4,9-10H2,1-3H3. The van der Waals surface area contributed by atoms with Crippen LogP contribution < -0.4 is 5.48 Å². The fraction of sp³-hybridized carbons (Fsp3) is 0.400. The quantitative estimate of drug-likeness (QED) is 0.347. The van der Waals surface area contributed by atoms with Gasteiger partial charge >= 0.3 is 5.97 Å². The number of benzene rings is 1. The third-order valence-corrected chi connectivity index (χ3v) is 2.73. The second-order valence-electron chi connectivity index (χ2n) is 4.39. The maximum absolute atomic E-state index is 11.8. The van der Waals surface area contributed by atoms with Gasteiger partial charge in [0.1, 0.15) is 5.75 Å². The number of rotatable bonds is 7. The lowest BCUT2D eigenvalue weighted by Crippen LogP contribution is -2.19. The summed E-state index contributed by atoms with van der Waals surface area (Å²) in [4.78, 5) is 17.1. The van der Waals surface area contributed by atoms with Crippen LogP contribution in [0.15, 0.2) is 35.5 Å². The Bertz CT molecular complexity index is 465. The average molecular weight is 279 g/mol. The van der Waals surface area contributed by atoms with E-state index in [4.69, 9.17) is 9.57 Å². The molecule has 5 heteroatoms. The first-order chi connectivity index (χ1) is 9.58. The zero-order valence-corrected chi connectivity index (χ0v) is 12.1. The summed E-state index contributed by atoms with van der Waals surface area (Å²) in [5.74, 6) is -0.207. The van der Waals surface area contributed by atoms with Crippen molar-refractivity contribution in [2.24, 2.45) is 0 Å². The molecule has 0 fully saturated rings. The van der Waals surface area contributed by atoms with Gasteiger partial charge in [-0.3, -0.25) is 10.3 Å². The van der Waals surface area contributed by atoms with Gasteiger partial charge in [-0.05, 0) is 31.0 Å². The van der Waals surface area contributed by atoms with Crippen LogP contribution in [-0.4, -0.2) is 24.8 Å². The number of phenols is 1. The summed E-state index contributed by atoms with van der Waals surface area (Å²) in [6.45, 7) is 4.33. The monoisotopic (exact) mass is 279 g/mol. The van der Waals surface area contributed by atoms with Crippen molar-refractivity contribution in [1.82, 2.24) is 5.48 Å². The number of esters is 1. The number of ether oxygens (including phenoxy) is 1. The number of phenolic OH excluding ortho intramolecular Hbond substituents is 1. The van der Waals surface area contributed by atoms with E-state index in [2.05, 4.69) is 5.48 Å². The first kappa shape index (κ1) is 16.0. The minimum Gasteiger partial charge on any atom is -0.508 e. The second-order valence-corrected chi connectivity index (χ2v) is 4.39. The summed E-state index contributed by atoms with van der Waals surface area (Å²) in [7, 11) is 1.35. The number of hydrogen-bond acceptors (Lipinski definition) is 5. The maximum Gasteiger partial charge on any atom is 0.335 e. The molecule has 0 bridgehead atoms. The van der Waals surface area contributed by atoms with Crippen LogP contribution in [0.3, 0.4) is 0 Å². The number of carbonyl (C=O) groups excluding carboxylic acids is 1. The van der Waals surface area contributed by atoms with E-state index in [0.717, 1.165) is 12.0 Å². The van der Waals surface area contributed by atoms with Crippen LogP contribution in [0, 0.1) is 0 Å². The molecule has 1 aromatic rings. The molecule has 0 heterocycles. The Hall–Kier alpha value is -2.01. The predicted molar refractivity (Wildman–Crippen MR) is 75.9 cm³/mol. The van der Waals surface area contributed by atoms with Gasteiger partial charge in [0.25, 0.3) is 0 Å². The lowest BCUT2D eigenvalue weighted by molar-refractivity contribution is -0.136. The van der Waals surface area contributed by atoms with Gasteiger partial charge < -0.3 is 9.84 Å². The largest absolute Gasteiger partial charge is 0.508 e. The van der Waals surface area contributed by atoms with Crippen molar-refractivity contribution in [3.05, 3.63) is 41.1 Å². The van der Waals surface area contributed by atoms with Crippen LogP contribution in [0.2, 0.25) is 0 Å². The fourth-order valence-electron chi connectivity index (χ4n) is 1.62. The van der Waals surface area contributed by atoms with E-state index in [1.807, 2.05) is 6.92 Å². The van der Waals surface area contributed by atoms with E-state index >= 15 is 0 Å². The number of carbonyl (C=O) groups is 1. The zero-order valence-electron chi connectivity index (χ0n) is 12.1. The number of hydrogen-bond donors (Lipinski definition) is 2. The Labute approximate surface area is 119 Å². The molecule has 1 aromatic carbocycles. The van der Waals surface area contributed by atoms with E-state index < -0.39 is 5.97 Å². The first-order valence-electron chi connectivity index (χ1n) is 6.52. The zero-order chi connectivity index (χ0) is 15.0. The number of methoxy groups -OCH3 is 1. The Morgan fingerprint density at radius 1 is 1.30 bits per heavy atom. The van der Waals surface area contributed by atoms with Gasteiger partial charge in [0.2, 0.25) is 0 Å². The molecule has 0 spiro atoms. The molecule has 0 atom stereocenters. The van der Waals surface area contributed by atoms with Crippen molar-refractivity contribution in [2.45, 2.75) is 26.7 Å². The van der Waals surface area contributed by atoms with Gasteiger partial charge in [-0.15, -0.1) is 0 Å².